The average Bonchev–Trinajstić information content (AvgIpc) is 3.02. The zero-order chi connectivity index (χ0) is 20.7. The average molecular weight is 387 g/mol. The first kappa shape index (κ1) is 21.6. The molecule has 2 rings (SSSR count). The number of benzene rings is 1. The smallest absolute Gasteiger partial charge is 0.328 e. The minimum atomic E-state index is -0.783. The summed E-state index contributed by atoms with van der Waals surface area (Å²) in [6.45, 7) is 9.88. The summed E-state index contributed by atoms with van der Waals surface area (Å²) in [5, 5.41) is 7.16. The summed E-state index contributed by atoms with van der Waals surface area (Å²) >= 11 is 0. The summed E-state index contributed by atoms with van der Waals surface area (Å²) in [5.74, 6) is -0.838. The molecule has 7 heteroatoms. The van der Waals surface area contributed by atoms with Crippen LogP contribution in [-0.2, 0) is 14.3 Å². The molecule has 1 amide bonds. The Hall–Kier alpha value is -2.67. The van der Waals surface area contributed by atoms with Crippen LogP contribution in [0.1, 0.15) is 50.2 Å². The number of esters is 1. The summed E-state index contributed by atoms with van der Waals surface area (Å²) in [4.78, 5) is 25.0. The Kier molecular flexibility index (Phi) is 7.34. The van der Waals surface area contributed by atoms with E-state index in [1.54, 1.807) is 24.7 Å². The van der Waals surface area contributed by atoms with Gasteiger partial charge in [0, 0.05) is 19.2 Å². The van der Waals surface area contributed by atoms with Crippen LogP contribution in [0.2, 0.25) is 0 Å². The van der Waals surface area contributed by atoms with Gasteiger partial charge in [-0.25, -0.2) is 9.48 Å². The van der Waals surface area contributed by atoms with Crippen molar-refractivity contribution in [3.63, 3.8) is 0 Å². The van der Waals surface area contributed by atoms with Crippen molar-refractivity contribution in [1.82, 2.24) is 15.1 Å². The SMILES string of the molecule is CCOC(=O)[C@@H](CCOC(C)(C)C)NC(=O)c1cn(-c2ccccc2)nc1C. The van der Waals surface area contributed by atoms with Crippen molar-refractivity contribution in [3.05, 3.63) is 47.8 Å². The Morgan fingerprint density at radius 1 is 1.21 bits per heavy atom. The maximum Gasteiger partial charge on any atom is 0.328 e. The molecule has 1 heterocycles. The van der Waals surface area contributed by atoms with Crippen LogP contribution in [0.25, 0.3) is 5.69 Å². The number of aryl methyl sites for hydroxylation is 1. The Labute approximate surface area is 166 Å². The highest BCUT2D eigenvalue weighted by Gasteiger charge is 2.25. The molecule has 1 aromatic carbocycles. The van der Waals surface area contributed by atoms with Gasteiger partial charge < -0.3 is 14.8 Å². The number of amides is 1. The van der Waals surface area contributed by atoms with Gasteiger partial charge in [-0.1, -0.05) is 18.2 Å². The van der Waals surface area contributed by atoms with E-state index in [1.807, 2.05) is 51.1 Å². The molecular weight excluding hydrogens is 358 g/mol. The summed E-state index contributed by atoms with van der Waals surface area (Å²) in [6, 6.07) is 8.74. The molecule has 1 N–H and O–H groups in total. The van der Waals surface area contributed by atoms with E-state index < -0.39 is 12.0 Å². The van der Waals surface area contributed by atoms with Crippen molar-refractivity contribution in [2.24, 2.45) is 0 Å². The molecule has 0 saturated carbocycles. The molecule has 0 bridgehead atoms. The molecule has 0 fully saturated rings. The molecule has 0 aliphatic carbocycles. The fourth-order valence-corrected chi connectivity index (χ4v) is 2.61. The van der Waals surface area contributed by atoms with Gasteiger partial charge in [0.1, 0.15) is 6.04 Å². The summed E-state index contributed by atoms with van der Waals surface area (Å²) < 4.78 is 12.4. The standard InChI is InChI=1S/C21H29N3O4/c1-6-27-20(26)18(12-13-28-21(3,4)5)22-19(25)17-14-24(23-15(17)2)16-10-8-7-9-11-16/h7-11,14,18H,6,12-13H2,1-5H3,(H,22,25)/t18-/m1/s1. The van der Waals surface area contributed by atoms with Crippen LogP contribution in [0.3, 0.4) is 0 Å². The van der Waals surface area contributed by atoms with Crippen LogP contribution in [0.4, 0.5) is 0 Å². The van der Waals surface area contributed by atoms with E-state index in [9.17, 15) is 9.59 Å². The first-order valence-corrected chi connectivity index (χ1v) is 9.44. The molecule has 152 valence electrons. The van der Waals surface area contributed by atoms with E-state index in [0.717, 1.165) is 5.69 Å². The highest BCUT2D eigenvalue weighted by molar-refractivity contribution is 5.97. The van der Waals surface area contributed by atoms with Gasteiger partial charge in [0.15, 0.2) is 0 Å². The number of carbonyl (C=O) groups excluding carboxylic acids is 2. The van der Waals surface area contributed by atoms with Crippen molar-refractivity contribution < 1.29 is 19.1 Å². The third kappa shape index (κ3) is 6.20. The highest BCUT2D eigenvalue weighted by atomic mass is 16.5. The molecule has 1 atom stereocenters. The molecule has 28 heavy (non-hydrogen) atoms. The van der Waals surface area contributed by atoms with E-state index in [1.165, 1.54) is 0 Å². The molecule has 0 radical (unpaired) electrons. The normalized spacial score (nSPS) is 12.5. The Bertz CT molecular complexity index is 794. The van der Waals surface area contributed by atoms with Gasteiger partial charge in [0.2, 0.25) is 0 Å². The number of ether oxygens (including phenoxy) is 2. The van der Waals surface area contributed by atoms with E-state index in [4.69, 9.17) is 9.47 Å². The zero-order valence-corrected chi connectivity index (χ0v) is 17.2. The van der Waals surface area contributed by atoms with Gasteiger partial charge in [-0.2, -0.15) is 5.10 Å². The van der Waals surface area contributed by atoms with Crippen molar-refractivity contribution in [3.8, 4) is 5.69 Å². The lowest BCUT2D eigenvalue weighted by atomic mass is 10.1. The summed E-state index contributed by atoms with van der Waals surface area (Å²) in [5.41, 5.74) is 1.52. The molecule has 0 aliphatic heterocycles. The first-order chi connectivity index (χ1) is 13.2. The highest BCUT2D eigenvalue weighted by Crippen LogP contribution is 2.13. The fraction of sp³-hybridized carbons (Fsp3) is 0.476. The Morgan fingerprint density at radius 2 is 1.89 bits per heavy atom. The maximum absolute atomic E-state index is 12.8. The van der Waals surface area contributed by atoms with Gasteiger partial charge in [-0.05, 0) is 46.8 Å². The zero-order valence-electron chi connectivity index (χ0n) is 17.2. The summed E-state index contributed by atoms with van der Waals surface area (Å²) in [7, 11) is 0. The Morgan fingerprint density at radius 3 is 2.50 bits per heavy atom. The van der Waals surface area contributed by atoms with E-state index in [0.29, 0.717) is 24.3 Å². The van der Waals surface area contributed by atoms with Gasteiger partial charge in [0.05, 0.1) is 29.2 Å². The van der Waals surface area contributed by atoms with Crippen LogP contribution < -0.4 is 5.32 Å². The second-order valence-corrected chi connectivity index (χ2v) is 7.44. The van der Waals surface area contributed by atoms with Crippen LogP contribution in [0, 0.1) is 6.92 Å². The largest absolute Gasteiger partial charge is 0.464 e. The minimum absolute atomic E-state index is 0.246. The van der Waals surface area contributed by atoms with E-state index in [-0.39, 0.29) is 18.1 Å². The third-order valence-corrected chi connectivity index (χ3v) is 3.98. The molecule has 7 nitrogen and oxygen atoms in total. The molecule has 0 saturated heterocycles. The molecule has 1 aromatic heterocycles. The second-order valence-electron chi connectivity index (χ2n) is 7.44. The van der Waals surface area contributed by atoms with Crippen molar-refractivity contribution in [2.75, 3.05) is 13.2 Å². The lowest BCUT2D eigenvalue weighted by Crippen LogP contribution is -2.43. The molecule has 0 spiro atoms. The lowest BCUT2D eigenvalue weighted by Gasteiger charge is -2.22. The number of hydrogen-bond donors (Lipinski definition) is 1. The van der Waals surface area contributed by atoms with Crippen molar-refractivity contribution in [2.45, 2.75) is 52.7 Å². The first-order valence-electron chi connectivity index (χ1n) is 9.44. The van der Waals surface area contributed by atoms with Crippen LogP contribution >= 0.6 is 0 Å². The predicted molar refractivity (Wildman–Crippen MR) is 107 cm³/mol. The fourth-order valence-electron chi connectivity index (χ4n) is 2.61. The number of nitrogens with zero attached hydrogens (tertiary/aromatic N) is 2. The Balaban J connectivity index is 2.11. The molecule has 2 aromatic rings. The number of para-hydroxylation sites is 1. The summed E-state index contributed by atoms with van der Waals surface area (Å²) in [6.07, 6.45) is 1.99. The van der Waals surface area contributed by atoms with Crippen molar-refractivity contribution >= 4 is 11.9 Å². The van der Waals surface area contributed by atoms with Crippen LogP contribution in [0.5, 0.6) is 0 Å². The number of rotatable bonds is 8. The van der Waals surface area contributed by atoms with Gasteiger partial charge in [0.25, 0.3) is 5.91 Å². The molecule has 0 aliphatic rings. The topological polar surface area (TPSA) is 82.5 Å². The van der Waals surface area contributed by atoms with E-state index in [2.05, 4.69) is 10.4 Å². The maximum atomic E-state index is 12.8. The van der Waals surface area contributed by atoms with E-state index >= 15 is 0 Å². The van der Waals surface area contributed by atoms with Crippen LogP contribution in [0.15, 0.2) is 36.5 Å². The number of aromatic nitrogens is 2. The van der Waals surface area contributed by atoms with Gasteiger partial charge in [-0.15, -0.1) is 0 Å². The monoisotopic (exact) mass is 387 g/mol. The third-order valence-electron chi connectivity index (χ3n) is 3.98. The minimum Gasteiger partial charge on any atom is -0.464 e. The lowest BCUT2D eigenvalue weighted by molar-refractivity contribution is -0.146. The van der Waals surface area contributed by atoms with Crippen LogP contribution in [-0.4, -0.2) is 46.5 Å². The predicted octanol–water partition coefficient (Wildman–Crippen LogP) is 3.05. The quantitative estimate of drug-likeness (QED) is 0.704. The van der Waals surface area contributed by atoms with Gasteiger partial charge in [-0.3, -0.25) is 4.79 Å². The number of nitrogens with one attached hydrogen (secondary N) is 1. The molecular formula is C21H29N3O4. The molecule has 0 unspecified atom stereocenters. The second kappa shape index (κ2) is 9.50. The van der Waals surface area contributed by atoms with Gasteiger partial charge >= 0.3 is 5.97 Å². The number of hydrogen-bond acceptors (Lipinski definition) is 5. The van der Waals surface area contributed by atoms with Crippen molar-refractivity contribution in [1.29, 1.82) is 0 Å². The number of carbonyl (C=O) groups is 2.